The Bertz CT molecular complexity index is 1050. The summed E-state index contributed by atoms with van der Waals surface area (Å²) in [4.78, 5) is 0. The fourth-order valence-corrected chi connectivity index (χ4v) is 2.85. The highest BCUT2D eigenvalue weighted by molar-refractivity contribution is 6.58. The molecule has 2 aromatic carbocycles. The number of nitrogens with two attached hydrogens (primary N) is 1. The minimum Gasteiger partial charge on any atom is -0.423 e. The van der Waals surface area contributed by atoms with E-state index in [0.717, 1.165) is 27.8 Å². The molecular formula is C17H14BN5O2. The standard InChI is InChI=1S/C17H14BN5O2/c19-15-9-21-23-17-7-10(1-3-13(15)17)14-8-11(18(24)25)2-4-12(14)16-5-6-20-22-16/h1-9,24-25H,(H2,19,23)(H,20,22). The smallest absolute Gasteiger partial charge is 0.423 e. The Hall–Kier alpha value is -3.23. The molecule has 0 aliphatic heterocycles. The van der Waals surface area contributed by atoms with E-state index in [4.69, 9.17) is 5.73 Å². The fourth-order valence-electron chi connectivity index (χ4n) is 2.85. The lowest BCUT2D eigenvalue weighted by Crippen LogP contribution is -2.29. The van der Waals surface area contributed by atoms with Crippen molar-refractivity contribution in [3.8, 4) is 22.4 Å². The van der Waals surface area contributed by atoms with Gasteiger partial charge in [-0.3, -0.25) is 5.10 Å². The molecule has 0 amide bonds. The molecule has 2 aromatic heterocycles. The molecule has 122 valence electrons. The molecule has 25 heavy (non-hydrogen) atoms. The minimum absolute atomic E-state index is 0.400. The minimum atomic E-state index is -1.55. The second-order valence-electron chi connectivity index (χ2n) is 5.68. The van der Waals surface area contributed by atoms with Crippen LogP contribution in [0.3, 0.4) is 0 Å². The van der Waals surface area contributed by atoms with Gasteiger partial charge < -0.3 is 15.8 Å². The van der Waals surface area contributed by atoms with Crippen molar-refractivity contribution in [3.05, 3.63) is 54.9 Å². The molecular weight excluding hydrogens is 317 g/mol. The van der Waals surface area contributed by atoms with Crippen LogP contribution in [-0.4, -0.2) is 37.6 Å². The number of fused-ring (bicyclic) bond motifs is 1. The van der Waals surface area contributed by atoms with Crippen LogP contribution in [0.2, 0.25) is 0 Å². The van der Waals surface area contributed by atoms with Gasteiger partial charge in [-0.25, -0.2) is 0 Å². The van der Waals surface area contributed by atoms with Gasteiger partial charge in [-0.05, 0) is 34.8 Å². The Morgan fingerprint density at radius 1 is 1.00 bits per heavy atom. The third-order valence-corrected chi connectivity index (χ3v) is 4.11. The van der Waals surface area contributed by atoms with E-state index in [0.29, 0.717) is 16.7 Å². The maximum atomic E-state index is 9.52. The third kappa shape index (κ3) is 2.73. The van der Waals surface area contributed by atoms with Crippen molar-refractivity contribution in [1.82, 2.24) is 20.4 Å². The van der Waals surface area contributed by atoms with Crippen molar-refractivity contribution in [2.75, 3.05) is 5.73 Å². The van der Waals surface area contributed by atoms with Gasteiger partial charge in [0.15, 0.2) is 0 Å². The molecule has 5 N–H and O–H groups in total. The summed E-state index contributed by atoms with van der Waals surface area (Å²) in [5.74, 6) is 0. The summed E-state index contributed by atoms with van der Waals surface area (Å²) in [5, 5.41) is 34.8. The van der Waals surface area contributed by atoms with Crippen molar-refractivity contribution >= 4 is 29.2 Å². The van der Waals surface area contributed by atoms with E-state index >= 15 is 0 Å². The number of nitrogens with one attached hydrogen (secondary N) is 1. The molecule has 4 aromatic rings. The van der Waals surface area contributed by atoms with Gasteiger partial charge in [-0.15, -0.1) is 0 Å². The lowest BCUT2D eigenvalue weighted by atomic mass is 9.78. The lowest BCUT2D eigenvalue weighted by molar-refractivity contribution is 0.426. The number of hydrogen-bond donors (Lipinski definition) is 4. The molecule has 4 rings (SSSR count). The SMILES string of the molecule is Nc1cnnc2cc(-c3cc(B(O)O)ccc3-c3ccn[nH]3)ccc12. The van der Waals surface area contributed by atoms with Crippen LogP contribution >= 0.6 is 0 Å². The second-order valence-corrected chi connectivity index (χ2v) is 5.68. The van der Waals surface area contributed by atoms with Gasteiger partial charge in [0.2, 0.25) is 0 Å². The summed E-state index contributed by atoms with van der Waals surface area (Å²) in [6.45, 7) is 0. The summed E-state index contributed by atoms with van der Waals surface area (Å²) in [6.07, 6.45) is 3.18. The molecule has 0 aliphatic rings. The Morgan fingerprint density at radius 2 is 1.88 bits per heavy atom. The van der Waals surface area contributed by atoms with Crippen LogP contribution in [0.1, 0.15) is 0 Å². The number of hydrogen-bond acceptors (Lipinski definition) is 6. The van der Waals surface area contributed by atoms with Crippen LogP contribution in [0.4, 0.5) is 5.69 Å². The Labute approximate surface area is 143 Å². The van der Waals surface area contributed by atoms with E-state index in [9.17, 15) is 10.0 Å². The highest BCUT2D eigenvalue weighted by atomic mass is 16.4. The number of nitrogens with zero attached hydrogens (tertiary/aromatic N) is 3. The number of aromatic nitrogens is 4. The number of aromatic amines is 1. The zero-order valence-corrected chi connectivity index (χ0v) is 13.1. The van der Waals surface area contributed by atoms with Gasteiger partial charge in [0.1, 0.15) is 0 Å². The van der Waals surface area contributed by atoms with Gasteiger partial charge in [0.25, 0.3) is 0 Å². The molecule has 8 heteroatoms. The van der Waals surface area contributed by atoms with Crippen LogP contribution in [-0.2, 0) is 0 Å². The van der Waals surface area contributed by atoms with Crippen LogP contribution < -0.4 is 11.2 Å². The van der Waals surface area contributed by atoms with E-state index in [2.05, 4.69) is 20.4 Å². The first kappa shape index (κ1) is 15.3. The van der Waals surface area contributed by atoms with Gasteiger partial charge >= 0.3 is 7.12 Å². The summed E-state index contributed by atoms with van der Waals surface area (Å²) in [7, 11) is -1.55. The second kappa shape index (κ2) is 6.01. The van der Waals surface area contributed by atoms with Gasteiger partial charge in [-0.1, -0.05) is 24.3 Å². The van der Waals surface area contributed by atoms with Gasteiger partial charge in [0, 0.05) is 17.1 Å². The van der Waals surface area contributed by atoms with E-state index in [-0.39, 0.29) is 0 Å². The molecule has 0 saturated heterocycles. The average molecular weight is 331 g/mol. The van der Waals surface area contributed by atoms with Crippen molar-refractivity contribution < 1.29 is 10.0 Å². The molecule has 2 heterocycles. The van der Waals surface area contributed by atoms with Crippen LogP contribution in [0, 0.1) is 0 Å². The summed E-state index contributed by atoms with van der Waals surface area (Å²) in [5.41, 5.74) is 11.0. The third-order valence-electron chi connectivity index (χ3n) is 4.11. The lowest BCUT2D eigenvalue weighted by Gasteiger charge is -2.12. The maximum Gasteiger partial charge on any atom is 0.488 e. The highest BCUT2D eigenvalue weighted by Gasteiger charge is 2.16. The van der Waals surface area contributed by atoms with Crippen LogP contribution in [0.5, 0.6) is 0 Å². The number of H-pyrrole nitrogens is 1. The molecule has 0 unspecified atom stereocenters. The zero-order valence-electron chi connectivity index (χ0n) is 13.1. The molecule has 0 bridgehead atoms. The topological polar surface area (TPSA) is 121 Å². The molecule has 0 aliphatic carbocycles. The molecule has 0 saturated carbocycles. The van der Waals surface area contributed by atoms with Crippen molar-refractivity contribution in [2.45, 2.75) is 0 Å². The molecule has 0 spiro atoms. The molecule has 0 atom stereocenters. The maximum absolute atomic E-state index is 9.52. The monoisotopic (exact) mass is 331 g/mol. The first-order valence-electron chi connectivity index (χ1n) is 7.64. The summed E-state index contributed by atoms with van der Waals surface area (Å²) >= 11 is 0. The number of rotatable bonds is 3. The number of nitrogen functional groups attached to an aromatic ring is 1. The number of anilines is 1. The largest absolute Gasteiger partial charge is 0.488 e. The number of benzene rings is 2. The molecule has 7 nitrogen and oxygen atoms in total. The zero-order chi connectivity index (χ0) is 17.4. The van der Waals surface area contributed by atoms with Crippen molar-refractivity contribution in [1.29, 1.82) is 0 Å². The van der Waals surface area contributed by atoms with Gasteiger partial charge in [-0.2, -0.15) is 15.3 Å². The predicted octanol–water partition coefficient (Wildman–Crippen LogP) is 0.949. The van der Waals surface area contributed by atoms with Crippen molar-refractivity contribution in [3.63, 3.8) is 0 Å². The average Bonchev–Trinajstić information content (AvgIpc) is 3.15. The predicted molar refractivity (Wildman–Crippen MR) is 96.8 cm³/mol. The Kier molecular flexibility index (Phi) is 3.68. The Morgan fingerprint density at radius 3 is 2.64 bits per heavy atom. The first-order valence-corrected chi connectivity index (χ1v) is 7.64. The normalized spacial score (nSPS) is 11.0. The van der Waals surface area contributed by atoms with Crippen LogP contribution in [0.25, 0.3) is 33.3 Å². The Balaban J connectivity index is 1.95. The highest BCUT2D eigenvalue weighted by Crippen LogP contribution is 2.32. The van der Waals surface area contributed by atoms with E-state index in [1.54, 1.807) is 18.3 Å². The fraction of sp³-hybridized carbons (Fsp3) is 0. The van der Waals surface area contributed by atoms with E-state index in [1.165, 1.54) is 6.20 Å². The quantitative estimate of drug-likeness (QED) is 0.415. The molecule has 0 radical (unpaired) electrons. The van der Waals surface area contributed by atoms with Crippen LogP contribution in [0.15, 0.2) is 54.9 Å². The first-order chi connectivity index (χ1) is 12.1. The van der Waals surface area contributed by atoms with E-state index < -0.39 is 7.12 Å². The summed E-state index contributed by atoms with van der Waals surface area (Å²) < 4.78 is 0. The van der Waals surface area contributed by atoms with Crippen molar-refractivity contribution in [2.24, 2.45) is 0 Å². The summed E-state index contributed by atoms with van der Waals surface area (Å²) in [6, 6.07) is 12.8. The molecule has 0 fully saturated rings. The van der Waals surface area contributed by atoms with Gasteiger partial charge in [0.05, 0.1) is 23.1 Å². The van der Waals surface area contributed by atoms with E-state index in [1.807, 2.05) is 30.3 Å².